The smallest absolute Gasteiger partial charge is 0.126 e. The molecule has 0 spiro atoms. The normalized spacial score (nSPS) is 15.7. The van der Waals surface area contributed by atoms with Crippen LogP contribution in [0.4, 0.5) is 0 Å². The molecule has 66 valence electrons. The molecule has 0 saturated carbocycles. The lowest BCUT2D eigenvalue weighted by Crippen LogP contribution is -1.87. The van der Waals surface area contributed by atoms with E-state index in [-0.39, 0.29) is 4.83 Å². The number of rotatable bonds is 1. The van der Waals surface area contributed by atoms with E-state index in [4.69, 9.17) is 10.00 Å². The van der Waals surface area contributed by atoms with Gasteiger partial charge in [0.2, 0.25) is 0 Å². The van der Waals surface area contributed by atoms with Crippen LogP contribution in [-0.2, 0) is 6.42 Å². The predicted octanol–water partition coefficient (Wildman–Crippen LogP) is 2.58. The minimum Gasteiger partial charge on any atom is -0.493 e. The number of benzene rings is 1. The Kier molecular flexibility index (Phi) is 2.24. The van der Waals surface area contributed by atoms with Gasteiger partial charge in [-0.25, -0.2) is 0 Å². The first-order valence-electron chi connectivity index (χ1n) is 4.10. The fraction of sp³-hybridized carbons (Fsp3) is 0.300. The van der Waals surface area contributed by atoms with Crippen LogP contribution in [0.3, 0.4) is 0 Å². The Labute approximate surface area is 85.3 Å². The van der Waals surface area contributed by atoms with Crippen molar-refractivity contribution in [2.45, 2.75) is 11.2 Å². The first kappa shape index (κ1) is 8.58. The zero-order valence-corrected chi connectivity index (χ0v) is 8.54. The maximum absolute atomic E-state index is 8.71. The largest absolute Gasteiger partial charge is 0.493 e. The molecule has 3 heteroatoms. The molecular weight excluding hydrogens is 230 g/mol. The van der Waals surface area contributed by atoms with Crippen molar-refractivity contribution in [1.82, 2.24) is 0 Å². The standard InChI is InChI=1S/C10H8BrNO/c11-9(6-12)7-1-2-10-8(5-7)3-4-13-10/h1-2,5,9H,3-4H2. The quantitative estimate of drug-likeness (QED) is 0.704. The first-order valence-corrected chi connectivity index (χ1v) is 5.02. The number of halogens is 1. The Morgan fingerprint density at radius 3 is 3.15 bits per heavy atom. The molecule has 0 radical (unpaired) electrons. The second-order valence-corrected chi connectivity index (χ2v) is 3.87. The zero-order valence-electron chi connectivity index (χ0n) is 6.96. The van der Waals surface area contributed by atoms with Crippen molar-refractivity contribution in [2.75, 3.05) is 6.61 Å². The molecule has 2 rings (SSSR count). The summed E-state index contributed by atoms with van der Waals surface area (Å²) < 4.78 is 5.37. The van der Waals surface area contributed by atoms with E-state index >= 15 is 0 Å². The topological polar surface area (TPSA) is 33.0 Å². The summed E-state index contributed by atoms with van der Waals surface area (Å²) in [5.41, 5.74) is 2.21. The molecule has 1 aromatic carbocycles. The second-order valence-electron chi connectivity index (χ2n) is 2.96. The minimum atomic E-state index is -0.210. The van der Waals surface area contributed by atoms with Gasteiger partial charge in [-0.1, -0.05) is 22.0 Å². The first-order chi connectivity index (χ1) is 6.31. The molecule has 2 nitrogen and oxygen atoms in total. The van der Waals surface area contributed by atoms with Crippen molar-refractivity contribution in [3.63, 3.8) is 0 Å². The average molecular weight is 238 g/mol. The molecular formula is C10H8BrNO. The molecule has 0 aromatic heterocycles. The highest BCUT2D eigenvalue weighted by molar-refractivity contribution is 9.09. The highest BCUT2D eigenvalue weighted by atomic mass is 79.9. The van der Waals surface area contributed by atoms with Crippen LogP contribution in [0.25, 0.3) is 0 Å². The van der Waals surface area contributed by atoms with E-state index in [0.29, 0.717) is 0 Å². The second kappa shape index (κ2) is 3.39. The van der Waals surface area contributed by atoms with Gasteiger partial charge in [-0.05, 0) is 23.3 Å². The van der Waals surface area contributed by atoms with E-state index in [1.165, 1.54) is 5.56 Å². The van der Waals surface area contributed by atoms with E-state index in [2.05, 4.69) is 22.0 Å². The highest BCUT2D eigenvalue weighted by Gasteiger charge is 2.14. The van der Waals surface area contributed by atoms with Gasteiger partial charge in [0.1, 0.15) is 10.6 Å². The van der Waals surface area contributed by atoms with Crippen LogP contribution >= 0.6 is 15.9 Å². The van der Waals surface area contributed by atoms with Crippen LogP contribution in [0.15, 0.2) is 18.2 Å². The third-order valence-corrected chi connectivity index (χ3v) is 2.85. The molecule has 0 saturated heterocycles. The Morgan fingerprint density at radius 1 is 1.54 bits per heavy atom. The van der Waals surface area contributed by atoms with Crippen molar-refractivity contribution in [3.05, 3.63) is 29.3 Å². The molecule has 13 heavy (non-hydrogen) atoms. The molecule has 0 bridgehead atoms. The molecule has 0 amide bonds. The summed E-state index contributed by atoms with van der Waals surface area (Å²) in [7, 11) is 0. The highest BCUT2D eigenvalue weighted by Crippen LogP contribution is 2.30. The molecule has 0 fully saturated rings. The predicted molar refractivity (Wildman–Crippen MR) is 52.9 cm³/mol. The molecule has 1 aliphatic rings. The van der Waals surface area contributed by atoms with Crippen LogP contribution in [0, 0.1) is 11.3 Å². The van der Waals surface area contributed by atoms with Crippen LogP contribution in [0.2, 0.25) is 0 Å². The van der Waals surface area contributed by atoms with Crippen LogP contribution in [-0.4, -0.2) is 6.61 Å². The lowest BCUT2D eigenvalue weighted by Gasteiger charge is -2.03. The van der Waals surface area contributed by atoms with Crippen LogP contribution in [0.1, 0.15) is 16.0 Å². The van der Waals surface area contributed by atoms with E-state index in [1.54, 1.807) is 0 Å². The summed E-state index contributed by atoms with van der Waals surface area (Å²) in [6.45, 7) is 0.762. The molecule has 1 unspecified atom stereocenters. The van der Waals surface area contributed by atoms with Gasteiger partial charge in [-0.3, -0.25) is 0 Å². The van der Waals surface area contributed by atoms with Gasteiger partial charge >= 0.3 is 0 Å². The molecule has 0 N–H and O–H groups in total. The fourth-order valence-electron chi connectivity index (χ4n) is 1.44. The molecule has 1 aromatic rings. The molecule has 1 heterocycles. The van der Waals surface area contributed by atoms with E-state index in [0.717, 1.165) is 24.3 Å². The van der Waals surface area contributed by atoms with Crippen LogP contribution < -0.4 is 4.74 Å². The maximum Gasteiger partial charge on any atom is 0.126 e. The zero-order chi connectivity index (χ0) is 9.26. The van der Waals surface area contributed by atoms with Gasteiger partial charge in [0.25, 0.3) is 0 Å². The van der Waals surface area contributed by atoms with E-state index in [9.17, 15) is 0 Å². The van der Waals surface area contributed by atoms with Crippen molar-refractivity contribution in [1.29, 1.82) is 5.26 Å². The maximum atomic E-state index is 8.71. The van der Waals surface area contributed by atoms with Crippen molar-refractivity contribution < 1.29 is 4.74 Å². The number of alkyl halides is 1. The minimum absolute atomic E-state index is 0.210. The van der Waals surface area contributed by atoms with E-state index < -0.39 is 0 Å². The summed E-state index contributed by atoms with van der Waals surface area (Å²) >= 11 is 3.29. The third kappa shape index (κ3) is 1.54. The van der Waals surface area contributed by atoms with Crippen molar-refractivity contribution in [3.8, 4) is 11.8 Å². The summed E-state index contributed by atoms with van der Waals surface area (Å²) in [5.74, 6) is 0.960. The molecule has 1 atom stereocenters. The fourth-order valence-corrected chi connectivity index (χ4v) is 1.72. The number of nitrogens with zero attached hydrogens (tertiary/aromatic N) is 1. The Morgan fingerprint density at radius 2 is 2.38 bits per heavy atom. The number of fused-ring (bicyclic) bond motifs is 1. The lowest BCUT2D eigenvalue weighted by molar-refractivity contribution is 0.357. The summed E-state index contributed by atoms with van der Waals surface area (Å²) in [6.07, 6.45) is 0.953. The van der Waals surface area contributed by atoms with Gasteiger partial charge in [0.05, 0.1) is 12.7 Å². The third-order valence-electron chi connectivity index (χ3n) is 2.12. The summed E-state index contributed by atoms with van der Waals surface area (Å²) in [6, 6.07) is 8.04. The van der Waals surface area contributed by atoms with Gasteiger partial charge in [0, 0.05) is 6.42 Å². The number of hydrogen-bond donors (Lipinski definition) is 0. The molecule has 0 aliphatic carbocycles. The van der Waals surface area contributed by atoms with Crippen LogP contribution in [0.5, 0.6) is 5.75 Å². The Hall–Kier alpha value is -1.01. The van der Waals surface area contributed by atoms with Crippen molar-refractivity contribution in [2.24, 2.45) is 0 Å². The Bertz CT molecular complexity index is 370. The summed E-state index contributed by atoms with van der Waals surface area (Å²) in [4.78, 5) is -0.210. The lowest BCUT2D eigenvalue weighted by atomic mass is 10.1. The Balaban J connectivity index is 2.37. The summed E-state index contributed by atoms with van der Waals surface area (Å²) in [5, 5.41) is 8.71. The average Bonchev–Trinajstić information content (AvgIpc) is 2.63. The SMILES string of the molecule is N#CC(Br)c1ccc2c(c1)CCO2. The van der Waals surface area contributed by atoms with Gasteiger partial charge in [-0.15, -0.1) is 0 Å². The van der Waals surface area contributed by atoms with Gasteiger partial charge in [0.15, 0.2) is 0 Å². The monoisotopic (exact) mass is 237 g/mol. The number of nitriles is 1. The van der Waals surface area contributed by atoms with E-state index in [1.807, 2.05) is 18.2 Å². The molecule has 1 aliphatic heterocycles. The van der Waals surface area contributed by atoms with Gasteiger partial charge < -0.3 is 4.74 Å². The van der Waals surface area contributed by atoms with Gasteiger partial charge in [-0.2, -0.15) is 5.26 Å². The number of ether oxygens (including phenoxy) is 1. The number of hydrogen-bond acceptors (Lipinski definition) is 2. The van der Waals surface area contributed by atoms with Crippen molar-refractivity contribution >= 4 is 15.9 Å².